The molecule has 1 atom stereocenters. The maximum Gasteiger partial charge on any atom is 0.433 e. The molecular formula is C14H17F3N4. The van der Waals surface area contributed by atoms with Gasteiger partial charge < -0.3 is 10.6 Å². The van der Waals surface area contributed by atoms with Crippen LogP contribution in [0.1, 0.15) is 30.5 Å². The Kier molecular flexibility index (Phi) is 5.02. The van der Waals surface area contributed by atoms with Gasteiger partial charge in [-0.25, -0.2) is 4.98 Å². The first kappa shape index (κ1) is 15.6. The Bertz CT molecular complexity index is 516. The van der Waals surface area contributed by atoms with Crippen molar-refractivity contribution in [2.24, 2.45) is 5.92 Å². The van der Waals surface area contributed by atoms with Crippen LogP contribution in [0.15, 0.2) is 12.1 Å². The normalized spacial score (nSPS) is 19.0. The molecule has 0 spiro atoms. The zero-order valence-corrected chi connectivity index (χ0v) is 11.5. The van der Waals surface area contributed by atoms with E-state index in [9.17, 15) is 13.2 Å². The maximum absolute atomic E-state index is 12.6. The largest absolute Gasteiger partial charge is 0.433 e. The lowest BCUT2D eigenvalue weighted by atomic mass is 9.96. The van der Waals surface area contributed by atoms with E-state index in [4.69, 9.17) is 5.26 Å². The highest BCUT2D eigenvalue weighted by Gasteiger charge is 2.33. The van der Waals surface area contributed by atoms with E-state index in [-0.39, 0.29) is 11.4 Å². The van der Waals surface area contributed by atoms with Gasteiger partial charge >= 0.3 is 6.18 Å². The molecule has 0 saturated carbocycles. The second-order valence-electron chi connectivity index (χ2n) is 5.13. The summed E-state index contributed by atoms with van der Waals surface area (Å²) in [5.74, 6) is 0.527. The minimum Gasteiger partial charge on any atom is -0.369 e. The van der Waals surface area contributed by atoms with Crippen LogP contribution in [0, 0.1) is 17.2 Å². The minimum atomic E-state index is -4.50. The quantitative estimate of drug-likeness (QED) is 0.897. The first-order valence-corrected chi connectivity index (χ1v) is 6.93. The number of piperidine rings is 1. The van der Waals surface area contributed by atoms with Crippen LogP contribution in [0.5, 0.6) is 0 Å². The van der Waals surface area contributed by atoms with Crippen molar-refractivity contribution < 1.29 is 13.2 Å². The van der Waals surface area contributed by atoms with Gasteiger partial charge in [0.05, 0.1) is 5.56 Å². The van der Waals surface area contributed by atoms with Gasteiger partial charge in [-0.3, -0.25) is 0 Å². The van der Waals surface area contributed by atoms with Gasteiger partial charge in [0, 0.05) is 6.54 Å². The minimum absolute atomic E-state index is 0.0103. The predicted octanol–water partition coefficient (Wildman–Crippen LogP) is 2.77. The van der Waals surface area contributed by atoms with E-state index >= 15 is 0 Å². The fraction of sp³-hybridized carbons (Fsp3) is 0.571. The number of aromatic nitrogens is 1. The van der Waals surface area contributed by atoms with Crippen molar-refractivity contribution in [2.45, 2.75) is 25.4 Å². The van der Waals surface area contributed by atoms with Crippen LogP contribution in [-0.2, 0) is 6.18 Å². The SMILES string of the molecule is N#Cc1ccc(C(F)(F)F)nc1NCCC1CCCNC1. The van der Waals surface area contributed by atoms with E-state index < -0.39 is 11.9 Å². The van der Waals surface area contributed by atoms with E-state index in [0.29, 0.717) is 12.5 Å². The second kappa shape index (κ2) is 6.76. The smallest absolute Gasteiger partial charge is 0.369 e. The van der Waals surface area contributed by atoms with Crippen molar-refractivity contribution in [2.75, 3.05) is 25.0 Å². The van der Waals surface area contributed by atoms with E-state index in [1.807, 2.05) is 6.07 Å². The number of alkyl halides is 3. The van der Waals surface area contributed by atoms with Gasteiger partial charge in [0.1, 0.15) is 17.6 Å². The van der Waals surface area contributed by atoms with Gasteiger partial charge in [0.2, 0.25) is 0 Å². The Balaban J connectivity index is 1.99. The summed E-state index contributed by atoms with van der Waals surface area (Å²) in [5, 5.41) is 15.1. The van der Waals surface area contributed by atoms with Crippen LogP contribution < -0.4 is 10.6 Å². The lowest BCUT2D eigenvalue weighted by Gasteiger charge is -2.22. The number of nitrogens with zero attached hydrogens (tertiary/aromatic N) is 2. The molecule has 1 aromatic rings. The average Bonchev–Trinajstić information content (AvgIpc) is 2.47. The van der Waals surface area contributed by atoms with Crippen LogP contribution in [0.4, 0.5) is 19.0 Å². The van der Waals surface area contributed by atoms with Gasteiger partial charge in [-0.2, -0.15) is 18.4 Å². The average molecular weight is 298 g/mol. The summed E-state index contributed by atoms with van der Waals surface area (Å²) in [7, 11) is 0. The van der Waals surface area contributed by atoms with Crippen molar-refractivity contribution in [1.82, 2.24) is 10.3 Å². The highest BCUT2D eigenvalue weighted by atomic mass is 19.4. The summed E-state index contributed by atoms with van der Waals surface area (Å²) in [6.45, 7) is 2.47. The summed E-state index contributed by atoms with van der Waals surface area (Å²) >= 11 is 0. The fourth-order valence-electron chi connectivity index (χ4n) is 2.41. The molecule has 0 amide bonds. The third-order valence-corrected chi connectivity index (χ3v) is 3.55. The zero-order valence-electron chi connectivity index (χ0n) is 11.5. The molecule has 1 aliphatic rings. The number of hydrogen-bond acceptors (Lipinski definition) is 4. The van der Waals surface area contributed by atoms with E-state index in [2.05, 4.69) is 15.6 Å². The van der Waals surface area contributed by atoms with Gasteiger partial charge in [0.15, 0.2) is 0 Å². The van der Waals surface area contributed by atoms with Crippen LogP contribution in [-0.4, -0.2) is 24.6 Å². The summed E-state index contributed by atoms with van der Waals surface area (Å²) in [6.07, 6.45) is -1.42. The predicted molar refractivity (Wildman–Crippen MR) is 72.7 cm³/mol. The monoisotopic (exact) mass is 298 g/mol. The lowest BCUT2D eigenvalue weighted by molar-refractivity contribution is -0.141. The standard InChI is InChI=1S/C14H17F3N4/c15-14(16,17)12-4-3-11(8-18)13(21-12)20-7-5-10-2-1-6-19-9-10/h3-4,10,19H,1-2,5-7,9H2,(H,20,21). The van der Waals surface area contributed by atoms with Crippen LogP contribution in [0.3, 0.4) is 0 Å². The number of anilines is 1. The molecule has 0 aliphatic carbocycles. The molecule has 21 heavy (non-hydrogen) atoms. The Morgan fingerprint density at radius 3 is 2.86 bits per heavy atom. The lowest BCUT2D eigenvalue weighted by Crippen LogP contribution is -2.30. The number of rotatable bonds is 4. The summed E-state index contributed by atoms with van der Waals surface area (Å²) in [4.78, 5) is 3.52. The van der Waals surface area contributed by atoms with Crippen molar-refractivity contribution >= 4 is 5.82 Å². The van der Waals surface area contributed by atoms with Crippen molar-refractivity contribution in [3.8, 4) is 6.07 Å². The molecule has 0 radical (unpaired) electrons. The number of pyridine rings is 1. The van der Waals surface area contributed by atoms with Crippen molar-refractivity contribution in [1.29, 1.82) is 5.26 Å². The number of nitriles is 1. The molecule has 114 valence electrons. The van der Waals surface area contributed by atoms with Crippen LogP contribution in [0.25, 0.3) is 0 Å². The Labute approximate surface area is 121 Å². The fourth-order valence-corrected chi connectivity index (χ4v) is 2.41. The third kappa shape index (κ3) is 4.33. The zero-order chi connectivity index (χ0) is 15.3. The Hall–Kier alpha value is -1.81. The molecule has 1 aliphatic heterocycles. The summed E-state index contributed by atoms with van der Waals surface area (Å²) in [5.41, 5.74) is -0.854. The van der Waals surface area contributed by atoms with Gasteiger partial charge in [-0.1, -0.05) is 0 Å². The molecular weight excluding hydrogens is 281 g/mol. The summed E-state index contributed by atoms with van der Waals surface area (Å²) < 4.78 is 37.9. The molecule has 2 heterocycles. The van der Waals surface area contributed by atoms with Crippen molar-refractivity contribution in [3.63, 3.8) is 0 Å². The van der Waals surface area contributed by atoms with Gasteiger partial charge in [-0.05, 0) is 50.4 Å². The van der Waals surface area contributed by atoms with E-state index in [0.717, 1.165) is 44.5 Å². The third-order valence-electron chi connectivity index (χ3n) is 3.55. The highest BCUT2D eigenvalue weighted by molar-refractivity contribution is 5.52. The molecule has 2 N–H and O–H groups in total. The molecule has 7 heteroatoms. The summed E-state index contributed by atoms with van der Waals surface area (Å²) in [6, 6.07) is 3.84. The number of nitrogens with one attached hydrogen (secondary N) is 2. The number of halogens is 3. The number of hydrogen-bond donors (Lipinski definition) is 2. The molecule has 1 fully saturated rings. The Morgan fingerprint density at radius 1 is 1.43 bits per heavy atom. The molecule has 1 saturated heterocycles. The van der Waals surface area contributed by atoms with Gasteiger partial charge in [-0.15, -0.1) is 0 Å². The maximum atomic E-state index is 12.6. The molecule has 4 nitrogen and oxygen atoms in total. The van der Waals surface area contributed by atoms with Crippen molar-refractivity contribution in [3.05, 3.63) is 23.4 Å². The van der Waals surface area contributed by atoms with E-state index in [1.54, 1.807) is 0 Å². The van der Waals surface area contributed by atoms with E-state index in [1.165, 1.54) is 0 Å². The second-order valence-corrected chi connectivity index (χ2v) is 5.13. The van der Waals surface area contributed by atoms with Gasteiger partial charge in [0.25, 0.3) is 0 Å². The Morgan fingerprint density at radius 2 is 2.24 bits per heavy atom. The topological polar surface area (TPSA) is 60.7 Å². The molecule has 0 aromatic carbocycles. The molecule has 1 aromatic heterocycles. The molecule has 1 unspecified atom stereocenters. The first-order valence-electron chi connectivity index (χ1n) is 6.93. The first-order chi connectivity index (χ1) is 10.0. The molecule has 0 bridgehead atoms. The van der Waals surface area contributed by atoms with Crippen LogP contribution in [0.2, 0.25) is 0 Å². The van der Waals surface area contributed by atoms with Crippen LogP contribution >= 0.6 is 0 Å². The highest BCUT2D eigenvalue weighted by Crippen LogP contribution is 2.29. The molecule has 2 rings (SSSR count).